The van der Waals surface area contributed by atoms with Crippen LogP contribution in [0.15, 0.2) is 24.3 Å². The van der Waals surface area contributed by atoms with Crippen LogP contribution < -0.4 is 0 Å². The molecule has 110 valence electrons. The van der Waals surface area contributed by atoms with E-state index >= 15 is 0 Å². The summed E-state index contributed by atoms with van der Waals surface area (Å²) in [7, 11) is 0. The number of carbonyl (C=O) groups is 1. The lowest BCUT2D eigenvalue weighted by Crippen LogP contribution is -2.25. The Morgan fingerprint density at radius 2 is 2.25 bits per heavy atom. The summed E-state index contributed by atoms with van der Waals surface area (Å²) in [4.78, 5) is 12.9. The van der Waals surface area contributed by atoms with Crippen molar-refractivity contribution in [1.82, 2.24) is 4.90 Å². The summed E-state index contributed by atoms with van der Waals surface area (Å²) < 4.78 is 13.4. The van der Waals surface area contributed by atoms with Crippen LogP contribution in [0.25, 0.3) is 0 Å². The van der Waals surface area contributed by atoms with E-state index in [0.29, 0.717) is 12.3 Å². The van der Waals surface area contributed by atoms with Gasteiger partial charge in [0.1, 0.15) is 5.82 Å². The average Bonchev–Trinajstić information content (AvgIpc) is 2.76. The van der Waals surface area contributed by atoms with E-state index in [1.165, 1.54) is 6.07 Å². The van der Waals surface area contributed by atoms with Gasteiger partial charge in [0.15, 0.2) is 0 Å². The largest absolute Gasteiger partial charge is 0.481 e. The molecule has 3 nitrogen and oxygen atoms in total. The molecule has 20 heavy (non-hydrogen) atoms. The zero-order valence-electron chi connectivity index (χ0n) is 11.9. The molecule has 1 saturated heterocycles. The molecule has 1 N–H and O–H groups in total. The van der Waals surface area contributed by atoms with Crippen LogP contribution in [-0.2, 0) is 4.79 Å². The molecule has 1 aromatic carbocycles. The first-order valence-corrected chi connectivity index (χ1v) is 7.27. The number of carboxylic acid groups (broad SMARTS) is 1. The van der Waals surface area contributed by atoms with Gasteiger partial charge < -0.3 is 5.11 Å². The van der Waals surface area contributed by atoms with Crippen LogP contribution in [0.2, 0.25) is 0 Å². The molecule has 2 atom stereocenters. The van der Waals surface area contributed by atoms with Crippen molar-refractivity contribution >= 4 is 5.97 Å². The fourth-order valence-electron chi connectivity index (χ4n) is 3.03. The molecule has 0 spiro atoms. The topological polar surface area (TPSA) is 40.5 Å². The molecule has 0 saturated carbocycles. The van der Waals surface area contributed by atoms with Gasteiger partial charge in [-0.15, -0.1) is 0 Å². The number of rotatable bonds is 6. The Morgan fingerprint density at radius 1 is 1.45 bits per heavy atom. The Morgan fingerprint density at radius 3 is 2.95 bits per heavy atom. The van der Waals surface area contributed by atoms with Crippen molar-refractivity contribution in [2.24, 2.45) is 5.92 Å². The first-order chi connectivity index (χ1) is 9.56. The molecule has 0 amide bonds. The van der Waals surface area contributed by atoms with E-state index < -0.39 is 5.97 Å². The Bertz CT molecular complexity index is 464. The lowest BCUT2D eigenvalue weighted by molar-refractivity contribution is -0.137. The Labute approximate surface area is 119 Å². The third kappa shape index (κ3) is 4.04. The fourth-order valence-corrected chi connectivity index (χ4v) is 3.03. The van der Waals surface area contributed by atoms with Crippen molar-refractivity contribution in [3.63, 3.8) is 0 Å². The quantitative estimate of drug-likeness (QED) is 0.811. The van der Waals surface area contributed by atoms with Gasteiger partial charge in [0.25, 0.3) is 0 Å². The van der Waals surface area contributed by atoms with Gasteiger partial charge in [0.05, 0.1) is 0 Å². The lowest BCUT2D eigenvalue weighted by atomic mass is 10.0. The van der Waals surface area contributed by atoms with Gasteiger partial charge in [0, 0.05) is 19.0 Å². The van der Waals surface area contributed by atoms with Crippen molar-refractivity contribution < 1.29 is 14.3 Å². The molecule has 0 aliphatic carbocycles. The van der Waals surface area contributed by atoms with Crippen LogP contribution in [-0.4, -0.2) is 29.1 Å². The summed E-state index contributed by atoms with van der Waals surface area (Å²) in [6, 6.07) is 7.10. The van der Waals surface area contributed by atoms with E-state index in [1.807, 2.05) is 6.07 Å². The molecule has 0 radical (unpaired) electrons. The summed E-state index contributed by atoms with van der Waals surface area (Å²) in [6.45, 7) is 4.11. The van der Waals surface area contributed by atoms with Gasteiger partial charge in [0.2, 0.25) is 0 Å². The molecule has 1 fully saturated rings. The minimum Gasteiger partial charge on any atom is -0.481 e. The maximum Gasteiger partial charge on any atom is 0.303 e. The number of unbranched alkanes of at least 4 members (excludes halogenated alkanes) is 1. The number of benzene rings is 1. The number of nitrogens with zero attached hydrogens (tertiary/aromatic N) is 1. The number of halogens is 1. The number of aliphatic carboxylic acids is 1. The molecule has 2 rings (SSSR count). The Hall–Kier alpha value is -1.42. The zero-order chi connectivity index (χ0) is 14.5. The highest BCUT2D eigenvalue weighted by molar-refractivity contribution is 5.66. The van der Waals surface area contributed by atoms with Gasteiger partial charge in [-0.2, -0.15) is 0 Å². The SMILES string of the molecule is CC1CC(c2cccc(F)c2)N(CCCCC(=O)O)C1. The lowest BCUT2D eigenvalue weighted by Gasteiger charge is -2.24. The van der Waals surface area contributed by atoms with Gasteiger partial charge >= 0.3 is 5.97 Å². The minimum atomic E-state index is -0.735. The third-order valence-corrected chi connectivity index (χ3v) is 3.93. The van der Waals surface area contributed by atoms with Crippen molar-refractivity contribution in [3.8, 4) is 0 Å². The number of hydrogen-bond donors (Lipinski definition) is 1. The molecule has 0 aromatic heterocycles. The monoisotopic (exact) mass is 279 g/mol. The van der Waals surface area contributed by atoms with Crippen LogP contribution in [0, 0.1) is 11.7 Å². The minimum absolute atomic E-state index is 0.187. The molecule has 0 bridgehead atoms. The van der Waals surface area contributed by atoms with Crippen LogP contribution >= 0.6 is 0 Å². The maximum absolute atomic E-state index is 13.4. The summed E-state index contributed by atoms with van der Waals surface area (Å²) in [5, 5.41) is 8.65. The van der Waals surface area contributed by atoms with Crippen molar-refractivity contribution in [1.29, 1.82) is 0 Å². The van der Waals surface area contributed by atoms with Gasteiger partial charge in [-0.1, -0.05) is 19.1 Å². The highest BCUT2D eigenvalue weighted by Crippen LogP contribution is 2.35. The van der Waals surface area contributed by atoms with E-state index in [0.717, 1.165) is 31.5 Å². The Balaban J connectivity index is 1.94. The number of carboxylic acids is 1. The fraction of sp³-hybridized carbons (Fsp3) is 0.562. The maximum atomic E-state index is 13.4. The highest BCUT2D eigenvalue weighted by Gasteiger charge is 2.30. The van der Waals surface area contributed by atoms with E-state index in [2.05, 4.69) is 11.8 Å². The predicted molar refractivity (Wildman–Crippen MR) is 76.0 cm³/mol. The summed E-state index contributed by atoms with van der Waals surface area (Å²) >= 11 is 0. The van der Waals surface area contributed by atoms with Crippen molar-refractivity contribution in [2.45, 2.75) is 38.6 Å². The van der Waals surface area contributed by atoms with Crippen LogP contribution in [0.4, 0.5) is 4.39 Å². The summed E-state index contributed by atoms with van der Waals surface area (Å²) in [5.74, 6) is -0.322. The number of likely N-dealkylation sites (tertiary alicyclic amines) is 1. The third-order valence-electron chi connectivity index (χ3n) is 3.93. The molecule has 1 aliphatic heterocycles. The highest BCUT2D eigenvalue weighted by atomic mass is 19.1. The van der Waals surface area contributed by atoms with Crippen LogP contribution in [0.3, 0.4) is 0 Å². The first-order valence-electron chi connectivity index (χ1n) is 7.27. The van der Waals surface area contributed by atoms with Crippen molar-refractivity contribution in [2.75, 3.05) is 13.1 Å². The predicted octanol–water partition coefficient (Wildman–Crippen LogP) is 3.46. The molecule has 2 unspecified atom stereocenters. The number of hydrogen-bond acceptors (Lipinski definition) is 2. The normalized spacial score (nSPS) is 23.1. The molecular weight excluding hydrogens is 257 g/mol. The van der Waals surface area contributed by atoms with Gasteiger partial charge in [-0.3, -0.25) is 9.69 Å². The molecule has 1 heterocycles. The standard InChI is InChI=1S/C16H22FNO2/c1-12-9-15(13-5-4-6-14(17)10-13)18(11-12)8-3-2-7-16(19)20/h4-6,10,12,15H,2-3,7-9,11H2,1H3,(H,19,20). The van der Waals surface area contributed by atoms with Crippen molar-refractivity contribution in [3.05, 3.63) is 35.6 Å². The first kappa shape index (κ1) is 15.0. The smallest absolute Gasteiger partial charge is 0.303 e. The van der Waals surface area contributed by atoms with E-state index in [9.17, 15) is 9.18 Å². The zero-order valence-corrected chi connectivity index (χ0v) is 11.9. The van der Waals surface area contributed by atoms with E-state index in [4.69, 9.17) is 5.11 Å². The molecule has 1 aromatic rings. The molecular formula is C16H22FNO2. The van der Waals surface area contributed by atoms with E-state index in [-0.39, 0.29) is 18.3 Å². The second-order valence-corrected chi connectivity index (χ2v) is 5.76. The average molecular weight is 279 g/mol. The molecule has 4 heteroatoms. The Kier molecular flexibility index (Phi) is 5.12. The van der Waals surface area contributed by atoms with Crippen LogP contribution in [0.1, 0.15) is 44.2 Å². The van der Waals surface area contributed by atoms with Gasteiger partial charge in [-0.05, 0) is 49.4 Å². The second-order valence-electron chi connectivity index (χ2n) is 5.76. The van der Waals surface area contributed by atoms with Crippen LogP contribution in [0.5, 0.6) is 0 Å². The summed E-state index contributed by atoms with van der Waals surface area (Å²) in [6.07, 6.45) is 2.86. The van der Waals surface area contributed by atoms with E-state index in [1.54, 1.807) is 12.1 Å². The van der Waals surface area contributed by atoms with Gasteiger partial charge in [-0.25, -0.2) is 4.39 Å². The molecule has 1 aliphatic rings. The summed E-state index contributed by atoms with van der Waals surface area (Å²) in [5.41, 5.74) is 1.03. The second kappa shape index (κ2) is 6.84.